The molecule has 3 nitrogen and oxygen atoms in total. The Balaban J connectivity index is 2.49. The number of nitrogens with zero attached hydrogens (tertiary/aromatic N) is 3. The Morgan fingerprint density at radius 3 is 2.54 bits per heavy atom. The van der Waals surface area contributed by atoms with Gasteiger partial charge in [-0.1, -0.05) is 45.5 Å². The largest absolute Gasteiger partial charge is 0.359 e. The minimum Gasteiger partial charge on any atom is -0.359 e. The first kappa shape index (κ1) is 18.1. The number of hydrogen-bond donors (Lipinski definition) is 0. The topological polar surface area (TPSA) is 9.72 Å². The smallest absolute Gasteiger partial charge is 0.195 e. The van der Waals surface area contributed by atoms with Gasteiger partial charge in [-0.3, -0.25) is 4.90 Å². The lowest BCUT2D eigenvalue weighted by Gasteiger charge is -2.36. The van der Waals surface area contributed by atoms with Gasteiger partial charge >= 0.3 is 0 Å². The predicted octanol–water partition coefficient (Wildman–Crippen LogP) is 5.37. The zero-order chi connectivity index (χ0) is 17.9. The van der Waals surface area contributed by atoms with E-state index < -0.39 is 0 Å². The van der Waals surface area contributed by atoms with Gasteiger partial charge in [-0.25, -0.2) is 0 Å². The lowest BCUT2D eigenvalue weighted by Crippen LogP contribution is -2.39. The van der Waals surface area contributed by atoms with Crippen molar-refractivity contribution in [2.45, 2.75) is 46.2 Å². The van der Waals surface area contributed by atoms with Crippen LogP contribution in [0, 0.1) is 0 Å². The molecular formula is C20H28FN3. The summed E-state index contributed by atoms with van der Waals surface area (Å²) in [5, 5.41) is 0. The first-order valence-corrected chi connectivity index (χ1v) is 8.50. The number of benzene rings is 1. The van der Waals surface area contributed by atoms with E-state index in [1.54, 1.807) is 11.0 Å². The molecule has 0 amide bonds. The van der Waals surface area contributed by atoms with Gasteiger partial charge < -0.3 is 9.80 Å². The molecule has 0 saturated carbocycles. The molecule has 0 aromatic heterocycles. The summed E-state index contributed by atoms with van der Waals surface area (Å²) < 4.78 is 15.0. The van der Waals surface area contributed by atoms with E-state index in [1.807, 2.05) is 49.5 Å². The van der Waals surface area contributed by atoms with Crippen molar-refractivity contribution >= 4 is 5.69 Å². The fourth-order valence-corrected chi connectivity index (χ4v) is 2.86. The summed E-state index contributed by atoms with van der Waals surface area (Å²) in [4.78, 5) is 5.68. The molecule has 24 heavy (non-hydrogen) atoms. The highest BCUT2D eigenvalue weighted by Gasteiger charge is 2.28. The Kier molecular flexibility index (Phi) is 5.71. The van der Waals surface area contributed by atoms with Gasteiger partial charge in [0.1, 0.15) is 12.0 Å². The molecule has 0 aliphatic carbocycles. The molecular weight excluding hydrogens is 301 g/mol. The van der Waals surface area contributed by atoms with Gasteiger partial charge in [-0.05, 0) is 37.0 Å². The molecule has 1 atom stereocenters. The Labute approximate surface area is 145 Å². The maximum absolute atomic E-state index is 15.0. The third kappa shape index (κ3) is 3.48. The van der Waals surface area contributed by atoms with E-state index in [0.29, 0.717) is 18.2 Å². The van der Waals surface area contributed by atoms with Crippen molar-refractivity contribution in [1.82, 2.24) is 9.80 Å². The quantitative estimate of drug-likeness (QED) is 0.649. The van der Waals surface area contributed by atoms with Crippen molar-refractivity contribution in [3.05, 3.63) is 66.7 Å². The SMILES string of the molecule is C=C(N(/C(F)=C\CC)c1ccccc1C(C)C)N1C=CN(C)[C@@H]1C. The van der Waals surface area contributed by atoms with Crippen LogP contribution >= 0.6 is 0 Å². The molecule has 1 aromatic rings. The Morgan fingerprint density at radius 1 is 1.33 bits per heavy atom. The fraction of sp³-hybridized carbons (Fsp3) is 0.400. The molecule has 130 valence electrons. The number of para-hydroxylation sites is 1. The number of allylic oxidation sites excluding steroid dienone is 1. The summed E-state index contributed by atoms with van der Waals surface area (Å²) in [6.45, 7) is 12.4. The minimum atomic E-state index is -0.286. The van der Waals surface area contributed by atoms with Crippen LogP contribution in [0.15, 0.2) is 61.1 Å². The maximum Gasteiger partial charge on any atom is 0.195 e. The summed E-state index contributed by atoms with van der Waals surface area (Å²) >= 11 is 0. The third-order valence-corrected chi connectivity index (χ3v) is 4.40. The number of halogens is 1. The summed E-state index contributed by atoms with van der Waals surface area (Å²) in [7, 11) is 2.00. The summed E-state index contributed by atoms with van der Waals surface area (Å²) in [5.41, 5.74) is 1.94. The van der Waals surface area contributed by atoms with Crippen LogP contribution in [0.1, 0.15) is 45.6 Å². The zero-order valence-electron chi connectivity index (χ0n) is 15.3. The minimum absolute atomic E-state index is 0.0978. The van der Waals surface area contributed by atoms with E-state index in [4.69, 9.17) is 0 Å². The van der Waals surface area contributed by atoms with Crippen LogP contribution in [-0.2, 0) is 0 Å². The number of anilines is 1. The van der Waals surface area contributed by atoms with E-state index >= 15 is 0 Å². The zero-order valence-corrected chi connectivity index (χ0v) is 15.3. The van der Waals surface area contributed by atoms with Gasteiger partial charge in [-0.2, -0.15) is 4.39 Å². The lowest BCUT2D eigenvalue weighted by molar-refractivity contribution is 0.228. The highest BCUT2D eigenvalue weighted by Crippen LogP contribution is 2.35. The normalized spacial score (nSPS) is 17.8. The van der Waals surface area contributed by atoms with Crippen LogP contribution in [0.3, 0.4) is 0 Å². The van der Waals surface area contributed by atoms with E-state index in [0.717, 1.165) is 11.3 Å². The lowest BCUT2D eigenvalue weighted by atomic mass is 10.0. The number of hydrogen-bond acceptors (Lipinski definition) is 3. The second-order valence-electron chi connectivity index (χ2n) is 6.40. The monoisotopic (exact) mass is 329 g/mol. The standard InChI is InChI=1S/C20H28FN3/c1-7-10-20(21)24(17(5)23-14-13-22(6)16(23)4)19-12-9-8-11-18(19)15(2)3/h8-16H,5,7H2,1-4,6H3/b20-10-/t16-/m0/s1. The van der Waals surface area contributed by atoms with Crippen LogP contribution < -0.4 is 4.90 Å². The van der Waals surface area contributed by atoms with Crippen LogP contribution in [0.25, 0.3) is 0 Å². The molecule has 1 aliphatic rings. The number of rotatable bonds is 6. The highest BCUT2D eigenvalue weighted by atomic mass is 19.1. The average molecular weight is 329 g/mol. The molecule has 0 radical (unpaired) electrons. The van der Waals surface area contributed by atoms with Crippen LogP contribution in [-0.4, -0.2) is 23.0 Å². The molecule has 1 aliphatic heterocycles. The molecule has 0 spiro atoms. The molecule has 0 unspecified atom stereocenters. The molecule has 0 fully saturated rings. The van der Waals surface area contributed by atoms with Crippen LogP contribution in [0.2, 0.25) is 0 Å². The van der Waals surface area contributed by atoms with Crippen molar-refractivity contribution < 1.29 is 4.39 Å². The molecule has 0 bridgehead atoms. The predicted molar refractivity (Wildman–Crippen MR) is 99.8 cm³/mol. The van der Waals surface area contributed by atoms with Gasteiger partial charge in [0, 0.05) is 19.4 Å². The van der Waals surface area contributed by atoms with Crippen LogP contribution in [0.4, 0.5) is 10.1 Å². The van der Waals surface area contributed by atoms with Gasteiger partial charge in [0.25, 0.3) is 0 Å². The third-order valence-electron chi connectivity index (χ3n) is 4.40. The van der Waals surface area contributed by atoms with E-state index in [2.05, 4.69) is 38.3 Å². The second-order valence-corrected chi connectivity index (χ2v) is 6.40. The fourth-order valence-electron chi connectivity index (χ4n) is 2.86. The Hall–Kier alpha value is -2.23. The highest BCUT2D eigenvalue weighted by molar-refractivity contribution is 5.62. The van der Waals surface area contributed by atoms with Crippen molar-refractivity contribution in [3.63, 3.8) is 0 Å². The van der Waals surface area contributed by atoms with Gasteiger partial charge in [-0.15, -0.1) is 0 Å². The Morgan fingerprint density at radius 2 is 2.00 bits per heavy atom. The van der Waals surface area contributed by atoms with Crippen molar-refractivity contribution in [3.8, 4) is 0 Å². The van der Waals surface area contributed by atoms with Crippen molar-refractivity contribution in [2.24, 2.45) is 0 Å². The van der Waals surface area contributed by atoms with E-state index in [9.17, 15) is 4.39 Å². The summed E-state index contributed by atoms with van der Waals surface area (Å²) in [5.74, 6) is 0.615. The van der Waals surface area contributed by atoms with E-state index in [1.165, 1.54) is 0 Å². The van der Waals surface area contributed by atoms with Crippen molar-refractivity contribution in [2.75, 3.05) is 11.9 Å². The van der Waals surface area contributed by atoms with Gasteiger partial charge in [0.2, 0.25) is 0 Å². The molecule has 0 saturated heterocycles. The molecule has 0 N–H and O–H groups in total. The second kappa shape index (κ2) is 7.56. The average Bonchev–Trinajstić information content (AvgIpc) is 2.87. The van der Waals surface area contributed by atoms with Crippen molar-refractivity contribution in [1.29, 1.82) is 0 Å². The van der Waals surface area contributed by atoms with Gasteiger partial charge in [0.05, 0.1) is 5.69 Å². The van der Waals surface area contributed by atoms with Gasteiger partial charge in [0.15, 0.2) is 5.95 Å². The molecule has 4 heteroatoms. The molecule has 1 aromatic carbocycles. The summed E-state index contributed by atoms with van der Waals surface area (Å²) in [6, 6.07) is 7.94. The maximum atomic E-state index is 15.0. The van der Waals surface area contributed by atoms with Crippen LogP contribution in [0.5, 0.6) is 0 Å². The first-order chi connectivity index (χ1) is 11.4. The van der Waals surface area contributed by atoms with E-state index in [-0.39, 0.29) is 12.1 Å². The first-order valence-electron chi connectivity index (χ1n) is 8.50. The molecule has 2 rings (SSSR count). The molecule has 1 heterocycles. The Bertz CT molecular complexity index is 648. The summed E-state index contributed by atoms with van der Waals surface area (Å²) in [6.07, 6.45) is 6.24.